The Hall–Kier alpha value is -2.41. The van der Waals surface area contributed by atoms with E-state index in [0.29, 0.717) is 23.7 Å². The minimum Gasteiger partial charge on any atom is -0.460 e. The normalized spacial score (nSPS) is 20.7. The second kappa shape index (κ2) is 9.84. The van der Waals surface area contributed by atoms with Gasteiger partial charge in [-0.25, -0.2) is 4.98 Å². The minimum absolute atomic E-state index is 0.0540. The molecule has 1 saturated carbocycles. The summed E-state index contributed by atoms with van der Waals surface area (Å²) < 4.78 is 7.50. The van der Waals surface area contributed by atoms with E-state index in [1.165, 1.54) is 5.69 Å². The van der Waals surface area contributed by atoms with E-state index in [4.69, 9.17) is 16.3 Å². The van der Waals surface area contributed by atoms with Crippen molar-refractivity contribution in [2.75, 3.05) is 5.32 Å². The monoisotopic (exact) mass is 472 g/mol. The van der Waals surface area contributed by atoms with Crippen molar-refractivity contribution in [1.29, 1.82) is 0 Å². The number of aryl methyl sites for hydroxylation is 1. The van der Waals surface area contributed by atoms with Crippen molar-refractivity contribution in [1.82, 2.24) is 14.8 Å². The van der Waals surface area contributed by atoms with Crippen LogP contribution < -0.4 is 5.32 Å². The number of carbonyl (C=O) groups is 2. The van der Waals surface area contributed by atoms with Crippen LogP contribution in [0.15, 0.2) is 18.5 Å². The summed E-state index contributed by atoms with van der Waals surface area (Å²) in [6, 6.07) is 1.84. The second-order valence-electron chi connectivity index (χ2n) is 10.2. The molecule has 7 nitrogen and oxygen atoms in total. The van der Waals surface area contributed by atoms with E-state index in [0.717, 1.165) is 56.2 Å². The maximum Gasteiger partial charge on any atom is 0.306 e. The molecule has 2 atom stereocenters. The van der Waals surface area contributed by atoms with Gasteiger partial charge in [0.2, 0.25) is 5.91 Å². The van der Waals surface area contributed by atoms with Gasteiger partial charge in [0, 0.05) is 41.9 Å². The molecule has 0 spiro atoms. The summed E-state index contributed by atoms with van der Waals surface area (Å²) in [4.78, 5) is 29.6. The van der Waals surface area contributed by atoms with Gasteiger partial charge < -0.3 is 10.1 Å². The number of rotatable bonds is 5. The molecule has 2 aromatic heterocycles. The number of hydrogen-bond donors (Lipinski definition) is 1. The van der Waals surface area contributed by atoms with Gasteiger partial charge >= 0.3 is 5.97 Å². The van der Waals surface area contributed by atoms with E-state index in [2.05, 4.69) is 15.4 Å². The molecule has 33 heavy (non-hydrogen) atoms. The van der Waals surface area contributed by atoms with E-state index in [9.17, 15) is 9.59 Å². The largest absolute Gasteiger partial charge is 0.460 e. The molecule has 1 aliphatic heterocycles. The molecular weight excluding hydrogens is 440 g/mol. The molecule has 178 valence electrons. The third kappa shape index (κ3) is 5.94. The van der Waals surface area contributed by atoms with Gasteiger partial charge in [-0.3, -0.25) is 14.3 Å². The van der Waals surface area contributed by atoms with Gasteiger partial charge in [0.25, 0.3) is 0 Å². The van der Waals surface area contributed by atoms with Crippen LogP contribution in [0, 0.1) is 11.8 Å². The molecule has 0 aromatic carbocycles. The molecule has 0 bridgehead atoms. The average Bonchev–Trinajstić information content (AvgIpc) is 3.18. The molecule has 4 rings (SSSR count). The lowest BCUT2D eigenvalue weighted by Crippen LogP contribution is -2.31. The van der Waals surface area contributed by atoms with E-state index in [-0.39, 0.29) is 23.7 Å². The van der Waals surface area contributed by atoms with Crippen LogP contribution >= 0.6 is 11.6 Å². The molecule has 1 fully saturated rings. The lowest BCUT2D eigenvalue weighted by atomic mass is 9.79. The van der Waals surface area contributed by atoms with Crippen LogP contribution in [0.4, 0.5) is 5.82 Å². The number of nitrogens with one attached hydrogen (secondary N) is 1. The van der Waals surface area contributed by atoms with E-state index >= 15 is 0 Å². The predicted molar refractivity (Wildman–Crippen MR) is 128 cm³/mol. The zero-order valence-corrected chi connectivity index (χ0v) is 20.5. The van der Waals surface area contributed by atoms with Crippen LogP contribution in [-0.4, -0.2) is 32.2 Å². The first-order chi connectivity index (χ1) is 15.7. The number of pyridine rings is 1. The third-order valence-corrected chi connectivity index (χ3v) is 6.71. The highest BCUT2D eigenvalue weighted by Crippen LogP contribution is 2.35. The number of amides is 1. The Balaban J connectivity index is 1.42. The molecule has 0 unspecified atom stereocenters. The van der Waals surface area contributed by atoms with Crippen molar-refractivity contribution in [3.63, 3.8) is 0 Å². The minimum atomic E-state index is -0.491. The number of nitrogens with zero attached hydrogens (tertiary/aromatic N) is 3. The molecule has 1 N–H and O–H groups in total. The third-order valence-electron chi connectivity index (χ3n) is 6.41. The molecule has 1 aliphatic carbocycles. The Bertz CT molecular complexity index is 1030. The fourth-order valence-corrected chi connectivity index (χ4v) is 5.13. The van der Waals surface area contributed by atoms with Gasteiger partial charge in [-0.15, -0.1) is 0 Å². The molecule has 0 saturated heterocycles. The maximum atomic E-state index is 13.0. The first-order valence-electron chi connectivity index (χ1n) is 11.9. The van der Waals surface area contributed by atoms with Crippen LogP contribution in [0.25, 0.3) is 11.1 Å². The highest BCUT2D eigenvalue weighted by atomic mass is 35.5. The Morgan fingerprint density at radius 2 is 2.00 bits per heavy atom. The summed E-state index contributed by atoms with van der Waals surface area (Å²) in [5.41, 5.74) is 2.54. The van der Waals surface area contributed by atoms with Crippen molar-refractivity contribution in [2.24, 2.45) is 11.8 Å². The van der Waals surface area contributed by atoms with Crippen LogP contribution in [0.2, 0.25) is 5.02 Å². The van der Waals surface area contributed by atoms with E-state index in [1.807, 2.05) is 37.7 Å². The number of fused-ring (bicyclic) bond motifs is 1. The smallest absolute Gasteiger partial charge is 0.306 e. The standard InChI is InChI=1S/C25H33ClN4O3/c1-25(2,3)33-23(31)12-16-7-6-8-17(11-16)24(32)29-22-13-18(20(26)15-27-22)19-14-28-30-10-5-4-9-21(19)30/h13-17H,4-12H2,1-3H3,(H,27,29,32)/t16-,17+/m1/s1. The topological polar surface area (TPSA) is 86.1 Å². The van der Waals surface area contributed by atoms with Crippen LogP contribution in [0.3, 0.4) is 0 Å². The van der Waals surface area contributed by atoms with Crippen molar-refractivity contribution in [3.8, 4) is 11.1 Å². The maximum absolute atomic E-state index is 13.0. The molecule has 2 aromatic rings. The predicted octanol–water partition coefficient (Wildman–Crippen LogP) is 5.41. The summed E-state index contributed by atoms with van der Waals surface area (Å²) >= 11 is 6.47. The number of aromatic nitrogens is 3. The van der Waals surface area contributed by atoms with Gasteiger partial charge in [0.05, 0.1) is 11.2 Å². The summed E-state index contributed by atoms with van der Waals surface area (Å²) in [7, 11) is 0. The lowest BCUT2D eigenvalue weighted by Gasteiger charge is -2.29. The van der Waals surface area contributed by atoms with Crippen molar-refractivity contribution in [3.05, 3.63) is 29.2 Å². The zero-order valence-electron chi connectivity index (χ0n) is 19.7. The lowest BCUT2D eigenvalue weighted by molar-refractivity contribution is -0.156. The summed E-state index contributed by atoms with van der Waals surface area (Å²) in [6.07, 6.45) is 10.4. The molecular formula is C25H33ClN4O3. The van der Waals surface area contributed by atoms with Gasteiger partial charge in [0.15, 0.2) is 0 Å². The quantitative estimate of drug-likeness (QED) is 0.588. The highest BCUT2D eigenvalue weighted by Gasteiger charge is 2.30. The molecule has 1 amide bonds. The zero-order chi connectivity index (χ0) is 23.6. The number of ether oxygens (including phenoxy) is 1. The van der Waals surface area contributed by atoms with Crippen molar-refractivity contribution >= 4 is 29.3 Å². The molecule has 3 heterocycles. The Labute approximate surface area is 200 Å². The number of esters is 1. The summed E-state index contributed by atoms with van der Waals surface area (Å²) in [6.45, 7) is 6.54. The molecule has 8 heteroatoms. The van der Waals surface area contributed by atoms with E-state index < -0.39 is 5.60 Å². The summed E-state index contributed by atoms with van der Waals surface area (Å²) in [5.74, 6) is 0.265. The van der Waals surface area contributed by atoms with Crippen LogP contribution in [-0.2, 0) is 27.3 Å². The average molecular weight is 473 g/mol. The van der Waals surface area contributed by atoms with Crippen molar-refractivity contribution < 1.29 is 14.3 Å². The van der Waals surface area contributed by atoms with Gasteiger partial charge in [-0.1, -0.05) is 18.0 Å². The number of hydrogen-bond acceptors (Lipinski definition) is 5. The molecule has 2 aliphatic rings. The Morgan fingerprint density at radius 3 is 2.79 bits per heavy atom. The SMILES string of the molecule is CC(C)(C)OC(=O)C[C@@H]1CCC[C@H](C(=O)Nc2cc(-c3cnn4c3CCCC4)c(Cl)cn2)C1. The number of carbonyl (C=O) groups excluding carboxylic acids is 2. The van der Waals surface area contributed by atoms with Crippen molar-refractivity contribution in [2.45, 2.75) is 84.3 Å². The highest BCUT2D eigenvalue weighted by molar-refractivity contribution is 6.33. The van der Waals surface area contributed by atoms with Gasteiger partial charge in [-0.05, 0) is 71.3 Å². The number of halogens is 1. The molecule has 0 radical (unpaired) electrons. The second-order valence-corrected chi connectivity index (χ2v) is 10.7. The first-order valence-corrected chi connectivity index (χ1v) is 12.3. The fraction of sp³-hybridized carbons (Fsp3) is 0.600. The Kier molecular flexibility index (Phi) is 7.07. The Morgan fingerprint density at radius 1 is 1.18 bits per heavy atom. The van der Waals surface area contributed by atoms with E-state index in [1.54, 1.807) is 6.20 Å². The van der Waals surface area contributed by atoms with Gasteiger partial charge in [-0.2, -0.15) is 5.10 Å². The summed E-state index contributed by atoms with van der Waals surface area (Å²) in [5, 5.41) is 8.03. The van der Waals surface area contributed by atoms with Crippen LogP contribution in [0.5, 0.6) is 0 Å². The number of anilines is 1. The first kappa shape index (κ1) is 23.7. The van der Waals surface area contributed by atoms with Gasteiger partial charge in [0.1, 0.15) is 11.4 Å². The van der Waals surface area contributed by atoms with Crippen LogP contribution in [0.1, 0.15) is 71.4 Å². The fourth-order valence-electron chi connectivity index (χ4n) is 4.92.